The Bertz CT molecular complexity index is 767. The van der Waals surface area contributed by atoms with Crippen LogP contribution in [-0.4, -0.2) is 58.8 Å². The second-order valence-electron chi connectivity index (χ2n) is 8.74. The zero-order valence-corrected chi connectivity index (χ0v) is 18.7. The van der Waals surface area contributed by atoms with Crippen molar-refractivity contribution in [3.8, 4) is 5.75 Å². The predicted octanol–water partition coefficient (Wildman–Crippen LogP) is 3.68. The predicted molar refractivity (Wildman–Crippen MR) is 119 cm³/mol. The average molecular weight is 413 g/mol. The van der Waals surface area contributed by atoms with Crippen molar-refractivity contribution in [2.75, 3.05) is 33.3 Å². The maximum absolute atomic E-state index is 12.9. The van der Waals surface area contributed by atoms with Crippen molar-refractivity contribution in [3.63, 3.8) is 0 Å². The Morgan fingerprint density at radius 2 is 2.00 bits per heavy atom. The van der Waals surface area contributed by atoms with Gasteiger partial charge in [-0.1, -0.05) is 32.0 Å². The van der Waals surface area contributed by atoms with E-state index in [1.807, 2.05) is 29.1 Å². The number of aryl methyl sites for hydroxylation is 1. The number of carbonyl (C=O) groups is 1. The van der Waals surface area contributed by atoms with Crippen LogP contribution in [0.2, 0.25) is 0 Å². The fraction of sp³-hybridized carbons (Fsp3) is 0.583. The summed E-state index contributed by atoms with van der Waals surface area (Å²) in [6, 6.07) is 10.2. The molecule has 6 heteroatoms. The van der Waals surface area contributed by atoms with E-state index in [0.717, 1.165) is 51.3 Å². The van der Waals surface area contributed by atoms with Crippen molar-refractivity contribution < 1.29 is 9.53 Å². The number of piperidine rings is 1. The molecule has 0 radical (unpaired) electrons. The summed E-state index contributed by atoms with van der Waals surface area (Å²) in [4.78, 5) is 17.5. The molecule has 1 aliphatic heterocycles. The molecule has 164 valence electrons. The highest BCUT2D eigenvalue weighted by molar-refractivity contribution is 5.76. The molecule has 6 nitrogen and oxygen atoms in total. The summed E-state index contributed by atoms with van der Waals surface area (Å²) < 4.78 is 7.33. The molecule has 3 rings (SSSR count). The fourth-order valence-corrected chi connectivity index (χ4v) is 4.23. The fourth-order valence-electron chi connectivity index (χ4n) is 4.23. The van der Waals surface area contributed by atoms with E-state index < -0.39 is 0 Å². The number of hydrogen-bond donors (Lipinski definition) is 0. The van der Waals surface area contributed by atoms with Crippen LogP contribution in [0.4, 0.5) is 0 Å². The van der Waals surface area contributed by atoms with Gasteiger partial charge in [0.1, 0.15) is 5.75 Å². The quantitative estimate of drug-likeness (QED) is 0.597. The van der Waals surface area contributed by atoms with Crippen molar-refractivity contribution >= 4 is 5.91 Å². The minimum atomic E-state index is 0.246. The van der Waals surface area contributed by atoms with E-state index in [1.54, 1.807) is 13.3 Å². The van der Waals surface area contributed by atoms with Crippen molar-refractivity contribution in [2.45, 2.75) is 46.2 Å². The summed E-state index contributed by atoms with van der Waals surface area (Å²) in [6.45, 7) is 9.79. The van der Waals surface area contributed by atoms with E-state index in [0.29, 0.717) is 24.8 Å². The highest BCUT2D eigenvalue weighted by Gasteiger charge is 2.24. The Kier molecular flexibility index (Phi) is 8.31. The molecule has 2 aromatic rings. The molecule has 0 unspecified atom stereocenters. The van der Waals surface area contributed by atoms with Crippen molar-refractivity contribution in [3.05, 3.63) is 48.3 Å². The van der Waals surface area contributed by atoms with E-state index >= 15 is 0 Å². The second kappa shape index (κ2) is 11.2. The number of benzene rings is 1. The number of para-hydroxylation sites is 1. The molecular formula is C24H36N4O2. The molecule has 1 aromatic carbocycles. The van der Waals surface area contributed by atoms with Crippen LogP contribution in [0.15, 0.2) is 42.7 Å². The lowest BCUT2D eigenvalue weighted by Crippen LogP contribution is -2.42. The van der Waals surface area contributed by atoms with Crippen LogP contribution in [-0.2, 0) is 17.9 Å². The second-order valence-corrected chi connectivity index (χ2v) is 8.74. The summed E-state index contributed by atoms with van der Waals surface area (Å²) >= 11 is 0. The van der Waals surface area contributed by atoms with Crippen LogP contribution in [0, 0.1) is 11.8 Å². The molecule has 30 heavy (non-hydrogen) atoms. The smallest absolute Gasteiger partial charge is 0.224 e. The van der Waals surface area contributed by atoms with Crippen LogP contribution in [0.3, 0.4) is 0 Å². The largest absolute Gasteiger partial charge is 0.496 e. The Labute approximate surface area is 180 Å². The molecule has 1 fully saturated rings. The monoisotopic (exact) mass is 412 g/mol. The van der Waals surface area contributed by atoms with Gasteiger partial charge in [0, 0.05) is 50.6 Å². The summed E-state index contributed by atoms with van der Waals surface area (Å²) in [5, 5.41) is 4.21. The number of methoxy groups -OCH3 is 1. The zero-order valence-electron chi connectivity index (χ0n) is 18.7. The molecule has 0 saturated carbocycles. The molecule has 1 saturated heterocycles. The van der Waals surface area contributed by atoms with Gasteiger partial charge in [0.15, 0.2) is 0 Å². The van der Waals surface area contributed by atoms with Gasteiger partial charge in [-0.2, -0.15) is 5.10 Å². The van der Waals surface area contributed by atoms with Gasteiger partial charge in [-0.15, -0.1) is 0 Å². The van der Waals surface area contributed by atoms with E-state index in [-0.39, 0.29) is 5.91 Å². The topological polar surface area (TPSA) is 50.6 Å². The molecule has 1 aliphatic rings. The number of hydrogen-bond acceptors (Lipinski definition) is 4. The third-order valence-corrected chi connectivity index (χ3v) is 5.82. The molecule has 1 aromatic heterocycles. The highest BCUT2D eigenvalue weighted by Crippen LogP contribution is 2.24. The number of amides is 1. The maximum atomic E-state index is 12.9. The van der Waals surface area contributed by atoms with Crippen molar-refractivity contribution in [2.24, 2.45) is 11.8 Å². The summed E-state index contributed by atoms with van der Waals surface area (Å²) in [5.41, 5.74) is 1.24. The number of carbonyl (C=O) groups excluding carboxylic acids is 1. The van der Waals surface area contributed by atoms with E-state index in [4.69, 9.17) is 4.74 Å². The minimum Gasteiger partial charge on any atom is -0.496 e. The van der Waals surface area contributed by atoms with Gasteiger partial charge in [-0.3, -0.25) is 14.4 Å². The van der Waals surface area contributed by atoms with Gasteiger partial charge in [-0.25, -0.2) is 0 Å². The van der Waals surface area contributed by atoms with Crippen molar-refractivity contribution in [1.29, 1.82) is 0 Å². The van der Waals surface area contributed by atoms with Gasteiger partial charge in [0.05, 0.1) is 7.11 Å². The van der Waals surface area contributed by atoms with Gasteiger partial charge in [-0.05, 0) is 49.9 Å². The third kappa shape index (κ3) is 6.59. The van der Waals surface area contributed by atoms with E-state index in [9.17, 15) is 4.79 Å². The Morgan fingerprint density at radius 1 is 1.23 bits per heavy atom. The molecular weight excluding hydrogens is 376 g/mol. The lowest BCUT2D eigenvalue weighted by Gasteiger charge is -2.35. The van der Waals surface area contributed by atoms with Crippen molar-refractivity contribution in [1.82, 2.24) is 19.6 Å². The van der Waals surface area contributed by atoms with Gasteiger partial charge >= 0.3 is 0 Å². The number of nitrogens with zero attached hydrogens (tertiary/aromatic N) is 4. The summed E-state index contributed by atoms with van der Waals surface area (Å²) in [5.74, 6) is 2.26. The Hall–Kier alpha value is -2.34. The van der Waals surface area contributed by atoms with Crippen LogP contribution in [0.25, 0.3) is 0 Å². The average Bonchev–Trinajstić information content (AvgIpc) is 3.26. The lowest BCUT2D eigenvalue weighted by molar-refractivity contribution is -0.133. The lowest BCUT2D eigenvalue weighted by atomic mass is 9.95. The molecule has 0 atom stereocenters. The molecule has 0 aliphatic carbocycles. The number of rotatable bonds is 10. The number of ether oxygens (including phenoxy) is 1. The number of aromatic nitrogens is 2. The molecule has 1 amide bonds. The van der Waals surface area contributed by atoms with Gasteiger partial charge in [0.25, 0.3) is 0 Å². The first-order valence-corrected chi connectivity index (χ1v) is 11.1. The van der Waals surface area contributed by atoms with Gasteiger partial charge < -0.3 is 9.64 Å². The first-order chi connectivity index (χ1) is 14.5. The van der Waals surface area contributed by atoms with E-state index in [1.165, 1.54) is 5.56 Å². The van der Waals surface area contributed by atoms with Crippen LogP contribution in [0.1, 0.15) is 38.7 Å². The standard InChI is InChI=1S/C24H36N4O2/c1-20(2)17-27(24(29)11-16-28-13-6-12-25-28)18-21-9-14-26(15-10-21)19-22-7-4-5-8-23(22)30-3/h4-8,12-13,20-21H,9-11,14-19H2,1-3H3. The normalized spacial score (nSPS) is 15.5. The van der Waals surface area contributed by atoms with Gasteiger partial charge in [0.2, 0.25) is 5.91 Å². The molecule has 0 N–H and O–H groups in total. The summed E-state index contributed by atoms with van der Waals surface area (Å²) in [6.07, 6.45) is 6.46. The zero-order chi connectivity index (χ0) is 21.3. The number of likely N-dealkylation sites (tertiary alicyclic amines) is 1. The Balaban J connectivity index is 1.49. The van der Waals surface area contributed by atoms with E-state index in [2.05, 4.69) is 40.9 Å². The van der Waals surface area contributed by atoms with Crippen LogP contribution >= 0.6 is 0 Å². The summed E-state index contributed by atoms with van der Waals surface area (Å²) in [7, 11) is 1.73. The SMILES string of the molecule is COc1ccccc1CN1CCC(CN(CC(C)C)C(=O)CCn2cccn2)CC1. The first kappa shape index (κ1) is 22.3. The first-order valence-electron chi connectivity index (χ1n) is 11.1. The third-order valence-electron chi connectivity index (χ3n) is 5.82. The maximum Gasteiger partial charge on any atom is 0.224 e. The Morgan fingerprint density at radius 3 is 2.67 bits per heavy atom. The minimum absolute atomic E-state index is 0.246. The van der Waals surface area contributed by atoms with Crippen LogP contribution in [0.5, 0.6) is 5.75 Å². The molecule has 0 spiro atoms. The molecule has 0 bridgehead atoms. The molecule has 2 heterocycles. The highest BCUT2D eigenvalue weighted by atomic mass is 16.5. The van der Waals surface area contributed by atoms with Crippen LogP contribution < -0.4 is 4.74 Å².